The molecule has 0 radical (unpaired) electrons. The van der Waals surface area contributed by atoms with Crippen LogP contribution in [0.15, 0.2) is 52.7 Å². The Balaban J connectivity index is 2.11. The number of rotatable bonds is 2. The average Bonchev–Trinajstić information content (AvgIpc) is 2.73. The number of nitrogens with zero attached hydrogens (tertiary/aromatic N) is 2. The van der Waals surface area contributed by atoms with E-state index < -0.39 is 6.10 Å². The maximum Gasteiger partial charge on any atom is 0.405 e. The molecular weight excluding hydrogens is 246 g/mol. The highest BCUT2D eigenvalue weighted by Gasteiger charge is 2.15. The van der Waals surface area contributed by atoms with Crippen molar-refractivity contribution in [2.45, 2.75) is 6.10 Å². The standard InChI is InChI=1S/C13H11N3O3/c17-13(18,19)16-15-8-5-6-10-9-3-1-2-4-11(9)14-12(10)7-8/h1-7,14,17-19H/b16-15+. The molecule has 0 fully saturated rings. The molecule has 19 heavy (non-hydrogen) atoms. The van der Waals surface area contributed by atoms with E-state index >= 15 is 0 Å². The number of hydrogen-bond acceptors (Lipinski definition) is 5. The van der Waals surface area contributed by atoms with Crippen molar-refractivity contribution in [2.24, 2.45) is 10.2 Å². The van der Waals surface area contributed by atoms with Crippen molar-refractivity contribution in [1.29, 1.82) is 0 Å². The van der Waals surface area contributed by atoms with Crippen LogP contribution in [0.4, 0.5) is 5.69 Å². The van der Waals surface area contributed by atoms with Crippen molar-refractivity contribution in [3.05, 3.63) is 42.5 Å². The number of aromatic nitrogens is 1. The van der Waals surface area contributed by atoms with E-state index in [4.69, 9.17) is 15.3 Å². The first-order valence-electron chi connectivity index (χ1n) is 5.63. The molecule has 0 aliphatic carbocycles. The van der Waals surface area contributed by atoms with Crippen LogP contribution < -0.4 is 0 Å². The maximum atomic E-state index is 8.65. The molecule has 6 nitrogen and oxygen atoms in total. The Bertz CT molecular complexity index is 771. The minimum absolute atomic E-state index is 0.403. The van der Waals surface area contributed by atoms with Gasteiger partial charge in [-0.1, -0.05) is 23.3 Å². The van der Waals surface area contributed by atoms with Crippen LogP contribution in [0.2, 0.25) is 0 Å². The van der Waals surface area contributed by atoms with Gasteiger partial charge in [0.1, 0.15) is 0 Å². The molecule has 0 aliphatic heterocycles. The van der Waals surface area contributed by atoms with E-state index in [9.17, 15) is 0 Å². The zero-order valence-corrected chi connectivity index (χ0v) is 9.78. The molecule has 3 rings (SSSR count). The van der Waals surface area contributed by atoms with Crippen LogP contribution in [0.25, 0.3) is 21.8 Å². The zero-order chi connectivity index (χ0) is 13.5. The van der Waals surface area contributed by atoms with Crippen LogP contribution in [-0.4, -0.2) is 26.4 Å². The first kappa shape index (κ1) is 11.8. The van der Waals surface area contributed by atoms with E-state index in [0.29, 0.717) is 5.69 Å². The summed E-state index contributed by atoms with van der Waals surface area (Å²) in [6, 6.07) is 13.1. The summed E-state index contributed by atoms with van der Waals surface area (Å²) in [6.07, 6.45) is -3.14. The molecule has 0 unspecified atom stereocenters. The van der Waals surface area contributed by atoms with Gasteiger partial charge in [-0.2, -0.15) is 0 Å². The Labute approximate surface area is 107 Å². The summed E-state index contributed by atoms with van der Waals surface area (Å²) in [7, 11) is 0. The van der Waals surface area contributed by atoms with Gasteiger partial charge < -0.3 is 20.3 Å². The number of fused-ring (bicyclic) bond motifs is 3. The van der Waals surface area contributed by atoms with Crippen LogP contribution in [0.1, 0.15) is 0 Å². The predicted octanol–water partition coefficient (Wildman–Crippen LogP) is 1.99. The molecule has 1 heterocycles. The quantitative estimate of drug-likeness (QED) is 0.417. The number of H-pyrrole nitrogens is 1. The monoisotopic (exact) mass is 257 g/mol. The van der Waals surface area contributed by atoms with Crippen molar-refractivity contribution in [2.75, 3.05) is 0 Å². The average molecular weight is 257 g/mol. The number of benzene rings is 2. The van der Waals surface area contributed by atoms with Crippen molar-refractivity contribution in [1.82, 2.24) is 4.98 Å². The molecule has 0 atom stereocenters. The fourth-order valence-corrected chi connectivity index (χ4v) is 2.03. The van der Waals surface area contributed by atoms with E-state index in [2.05, 4.69) is 15.2 Å². The molecule has 3 aromatic rings. The SMILES string of the molecule is OC(O)(O)/N=N/c1ccc2c(c1)[nH]c1ccccc12. The van der Waals surface area contributed by atoms with Gasteiger partial charge in [-0.25, -0.2) is 0 Å². The lowest BCUT2D eigenvalue weighted by Crippen LogP contribution is -2.22. The first-order valence-corrected chi connectivity index (χ1v) is 5.63. The highest BCUT2D eigenvalue weighted by Crippen LogP contribution is 2.28. The lowest BCUT2D eigenvalue weighted by atomic mass is 10.1. The second-order valence-corrected chi connectivity index (χ2v) is 4.20. The van der Waals surface area contributed by atoms with Crippen LogP contribution in [0.3, 0.4) is 0 Å². The molecule has 2 aromatic carbocycles. The minimum atomic E-state index is -3.14. The van der Waals surface area contributed by atoms with E-state index in [-0.39, 0.29) is 0 Å². The Morgan fingerprint density at radius 3 is 2.42 bits per heavy atom. The number of hydrogen-bond donors (Lipinski definition) is 4. The molecule has 0 saturated heterocycles. The van der Waals surface area contributed by atoms with Crippen molar-refractivity contribution in [3.8, 4) is 0 Å². The molecule has 0 bridgehead atoms. The third kappa shape index (κ3) is 2.32. The molecular formula is C13H11N3O3. The molecule has 1 aromatic heterocycles. The lowest BCUT2D eigenvalue weighted by Gasteiger charge is -2.04. The van der Waals surface area contributed by atoms with Gasteiger partial charge in [0, 0.05) is 21.8 Å². The highest BCUT2D eigenvalue weighted by molar-refractivity contribution is 6.07. The van der Waals surface area contributed by atoms with Gasteiger partial charge in [0.15, 0.2) is 0 Å². The molecule has 4 N–H and O–H groups in total. The molecule has 0 amide bonds. The normalized spacial score (nSPS) is 12.8. The number of aliphatic hydroxyl groups is 3. The van der Waals surface area contributed by atoms with Gasteiger partial charge in [0.05, 0.1) is 5.69 Å². The van der Waals surface area contributed by atoms with E-state index in [1.54, 1.807) is 12.1 Å². The molecule has 96 valence electrons. The summed E-state index contributed by atoms with van der Waals surface area (Å²) in [5.41, 5.74) is 2.27. The van der Waals surface area contributed by atoms with Crippen LogP contribution in [0.5, 0.6) is 0 Å². The zero-order valence-electron chi connectivity index (χ0n) is 9.78. The topological polar surface area (TPSA) is 101 Å². The van der Waals surface area contributed by atoms with Gasteiger partial charge in [0.25, 0.3) is 0 Å². The van der Waals surface area contributed by atoms with Crippen LogP contribution >= 0.6 is 0 Å². The van der Waals surface area contributed by atoms with Gasteiger partial charge in [0.2, 0.25) is 0 Å². The lowest BCUT2D eigenvalue weighted by molar-refractivity contribution is -0.308. The fraction of sp³-hybridized carbons (Fsp3) is 0.0769. The highest BCUT2D eigenvalue weighted by atomic mass is 16.7. The Hall–Kier alpha value is -2.28. The smallest absolute Gasteiger partial charge is 0.354 e. The fourth-order valence-electron chi connectivity index (χ4n) is 2.03. The molecule has 0 aliphatic rings. The molecule has 0 spiro atoms. The molecule has 6 heteroatoms. The Kier molecular flexibility index (Phi) is 2.56. The van der Waals surface area contributed by atoms with E-state index in [1.165, 1.54) is 0 Å². The molecule has 0 saturated carbocycles. The summed E-state index contributed by atoms with van der Waals surface area (Å²) < 4.78 is 0. The van der Waals surface area contributed by atoms with E-state index in [0.717, 1.165) is 21.8 Å². The maximum absolute atomic E-state index is 8.65. The minimum Gasteiger partial charge on any atom is -0.354 e. The summed E-state index contributed by atoms with van der Waals surface area (Å²) in [6.45, 7) is 0. The number of aromatic amines is 1. The predicted molar refractivity (Wildman–Crippen MR) is 69.7 cm³/mol. The third-order valence-electron chi connectivity index (χ3n) is 2.79. The van der Waals surface area contributed by atoms with Crippen LogP contribution in [0, 0.1) is 0 Å². The van der Waals surface area contributed by atoms with Crippen molar-refractivity contribution in [3.63, 3.8) is 0 Å². The second kappa shape index (κ2) is 4.13. The summed E-state index contributed by atoms with van der Waals surface area (Å²) in [5.74, 6) is 0. The Morgan fingerprint density at radius 2 is 1.63 bits per heavy atom. The van der Waals surface area contributed by atoms with Crippen molar-refractivity contribution >= 4 is 27.5 Å². The van der Waals surface area contributed by atoms with Gasteiger partial charge in [-0.15, -0.1) is 5.11 Å². The van der Waals surface area contributed by atoms with Gasteiger partial charge in [-0.05, 0) is 24.3 Å². The summed E-state index contributed by atoms with van der Waals surface area (Å²) in [4.78, 5) is 3.23. The Morgan fingerprint density at radius 1 is 0.895 bits per heavy atom. The number of nitrogens with one attached hydrogen (secondary N) is 1. The van der Waals surface area contributed by atoms with Gasteiger partial charge >= 0.3 is 6.10 Å². The number of para-hydroxylation sites is 1. The summed E-state index contributed by atoms with van der Waals surface area (Å²) >= 11 is 0. The van der Waals surface area contributed by atoms with Crippen LogP contribution in [-0.2, 0) is 0 Å². The third-order valence-corrected chi connectivity index (χ3v) is 2.79. The number of azo groups is 1. The second-order valence-electron chi connectivity index (χ2n) is 4.20. The van der Waals surface area contributed by atoms with E-state index in [1.807, 2.05) is 30.3 Å². The first-order chi connectivity index (χ1) is 9.03. The van der Waals surface area contributed by atoms with Crippen molar-refractivity contribution < 1.29 is 15.3 Å². The van der Waals surface area contributed by atoms with Gasteiger partial charge in [-0.3, -0.25) is 0 Å². The summed E-state index contributed by atoms with van der Waals surface area (Å²) in [5, 5.41) is 34.6. The largest absolute Gasteiger partial charge is 0.405 e.